The van der Waals surface area contributed by atoms with Crippen LogP contribution < -0.4 is 5.32 Å². The zero-order valence-electron chi connectivity index (χ0n) is 11.1. The summed E-state index contributed by atoms with van der Waals surface area (Å²) in [6.07, 6.45) is 6.89. The fourth-order valence-electron chi connectivity index (χ4n) is 2.73. The van der Waals surface area contributed by atoms with Crippen molar-refractivity contribution in [3.8, 4) is 6.07 Å². The zero-order chi connectivity index (χ0) is 12.0. The molecular weight excluding hydrogens is 196 g/mol. The van der Waals surface area contributed by atoms with E-state index in [4.69, 9.17) is 0 Å². The molecule has 0 amide bonds. The van der Waals surface area contributed by atoms with Gasteiger partial charge in [0.25, 0.3) is 0 Å². The SMILES string of the molecule is CCCNC1(C#N)CCCC(C(C)C)CC1. The van der Waals surface area contributed by atoms with Gasteiger partial charge >= 0.3 is 0 Å². The minimum atomic E-state index is -0.223. The van der Waals surface area contributed by atoms with Crippen LogP contribution in [0.5, 0.6) is 0 Å². The van der Waals surface area contributed by atoms with Gasteiger partial charge in [-0.3, -0.25) is 5.32 Å². The van der Waals surface area contributed by atoms with Gasteiger partial charge in [-0.05, 0) is 44.1 Å². The van der Waals surface area contributed by atoms with Gasteiger partial charge in [-0.25, -0.2) is 0 Å². The van der Waals surface area contributed by atoms with Crippen molar-refractivity contribution in [1.29, 1.82) is 5.26 Å². The van der Waals surface area contributed by atoms with Gasteiger partial charge in [-0.1, -0.05) is 33.6 Å². The molecule has 1 aliphatic rings. The van der Waals surface area contributed by atoms with Crippen LogP contribution in [0, 0.1) is 23.2 Å². The molecule has 1 fully saturated rings. The van der Waals surface area contributed by atoms with Crippen molar-refractivity contribution < 1.29 is 0 Å². The molecule has 0 radical (unpaired) electrons. The molecule has 2 atom stereocenters. The van der Waals surface area contributed by atoms with Crippen LogP contribution in [0.3, 0.4) is 0 Å². The summed E-state index contributed by atoms with van der Waals surface area (Å²) in [5.41, 5.74) is -0.223. The predicted octanol–water partition coefficient (Wildman–Crippen LogP) is 3.48. The average Bonchev–Trinajstić information content (AvgIpc) is 2.49. The summed E-state index contributed by atoms with van der Waals surface area (Å²) in [5.74, 6) is 1.58. The number of hydrogen-bond donors (Lipinski definition) is 1. The summed E-state index contributed by atoms with van der Waals surface area (Å²) in [6.45, 7) is 7.75. The monoisotopic (exact) mass is 222 g/mol. The van der Waals surface area contributed by atoms with E-state index in [1.807, 2.05) is 0 Å². The number of nitriles is 1. The van der Waals surface area contributed by atoms with Crippen molar-refractivity contribution in [2.24, 2.45) is 11.8 Å². The van der Waals surface area contributed by atoms with Crippen molar-refractivity contribution in [3.05, 3.63) is 0 Å². The summed E-state index contributed by atoms with van der Waals surface area (Å²) in [4.78, 5) is 0. The van der Waals surface area contributed by atoms with Gasteiger partial charge in [0.2, 0.25) is 0 Å². The molecule has 0 saturated heterocycles. The average molecular weight is 222 g/mol. The maximum atomic E-state index is 9.41. The van der Waals surface area contributed by atoms with E-state index in [0.717, 1.165) is 37.6 Å². The van der Waals surface area contributed by atoms with Crippen LogP contribution in [-0.2, 0) is 0 Å². The third kappa shape index (κ3) is 3.49. The maximum Gasteiger partial charge on any atom is 0.106 e. The Balaban J connectivity index is 2.58. The largest absolute Gasteiger partial charge is 0.299 e. The first-order valence-corrected chi connectivity index (χ1v) is 6.80. The summed E-state index contributed by atoms with van der Waals surface area (Å²) < 4.78 is 0. The molecule has 0 bridgehead atoms. The summed E-state index contributed by atoms with van der Waals surface area (Å²) >= 11 is 0. The molecule has 1 aliphatic carbocycles. The molecule has 0 aliphatic heterocycles. The minimum absolute atomic E-state index is 0.223. The quantitative estimate of drug-likeness (QED) is 0.739. The normalized spacial score (nSPS) is 31.1. The third-order valence-electron chi connectivity index (χ3n) is 3.99. The first-order chi connectivity index (χ1) is 7.63. The Morgan fingerprint density at radius 2 is 2.12 bits per heavy atom. The number of hydrogen-bond acceptors (Lipinski definition) is 2. The Bertz CT molecular complexity index is 242. The van der Waals surface area contributed by atoms with Gasteiger partial charge in [-0.2, -0.15) is 5.26 Å². The predicted molar refractivity (Wildman–Crippen MR) is 68.1 cm³/mol. The Hall–Kier alpha value is -0.550. The van der Waals surface area contributed by atoms with Crippen LogP contribution >= 0.6 is 0 Å². The highest BCUT2D eigenvalue weighted by Gasteiger charge is 2.33. The van der Waals surface area contributed by atoms with E-state index in [0.29, 0.717) is 0 Å². The van der Waals surface area contributed by atoms with Crippen LogP contribution in [0.15, 0.2) is 0 Å². The summed E-state index contributed by atoms with van der Waals surface area (Å²) in [7, 11) is 0. The van der Waals surface area contributed by atoms with Gasteiger partial charge in [0.1, 0.15) is 5.54 Å². The van der Waals surface area contributed by atoms with Gasteiger partial charge in [-0.15, -0.1) is 0 Å². The smallest absolute Gasteiger partial charge is 0.106 e. The number of nitrogens with one attached hydrogen (secondary N) is 1. The summed E-state index contributed by atoms with van der Waals surface area (Å²) in [5, 5.41) is 12.9. The standard InChI is InChI=1S/C14H26N2/c1-4-10-16-14(11-15)8-5-6-13(7-9-14)12(2)3/h12-13,16H,4-10H2,1-3H3. The van der Waals surface area contributed by atoms with Crippen LogP contribution in [0.25, 0.3) is 0 Å². The fourth-order valence-corrected chi connectivity index (χ4v) is 2.73. The zero-order valence-corrected chi connectivity index (χ0v) is 11.1. The molecule has 16 heavy (non-hydrogen) atoms. The molecule has 0 aromatic carbocycles. The van der Waals surface area contributed by atoms with Crippen LogP contribution in [-0.4, -0.2) is 12.1 Å². The Morgan fingerprint density at radius 1 is 1.38 bits per heavy atom. The Morgan fingerprint density at radius 3 is 2.69 bits per heavy atom. The van der Waals surface area contributed by atoms with Crippen molar-refractivity contribution >= 4 is 0 Å². The number of nitrogens with zero attached hydrogens (tertiary/aromatic N) is 1. The molecule has 2 heteroatoms. The highest BCUT2D eigenvalue weighted by atomic mass is 15.0. The van der Waals surface area contributed by atoms with E-state index in [1.54, 1.807) is 0 Å². The second kappa shape index (κ2) is 6.25. The van der Waals surface area contributed by atoms with E-state index in [-0.39, 0.29) is 5.54 Å². The van der Waals surface area contributed by atoms with E-state index in [1.165, 1.54) is 19.3 Å². The lowest BCUT2D eigenvalue weighted by atomic mass is 9.87. The van der Waals surface area contributed by atoms with Crippen molar-refractivity contribution in [2.45, 2.75) is 64.8 Å². The van der Waals surface area contributed by atoms with Crippen molar-refractivity contribution in [2.75, 3.05) is 6.54 Å². The highest BCUT2D eigenvalue weighted by molar-refractivity contribution is 5.08. The second-order valence-corrected chi connectivity index (χ2v) is 5.56. The lowest BCUT2D eigenvalue weighted by Gasteiger charge is -2.26. The van der Waals surface area contributed by atoms with Gasteiger partial charge in [0.15, 0.2) is 0 Å². The molecule has 0 aromatic rings. The van der Waals surface area contributed by atoms with Crippen molar-refractivity contribution in [3.63, 3.8) is 0 Å². The van der Waals surface area contributed by atoms with Crippen LogP contribution in [0.2, 0.25) is 0 Å². The second-order valence-electron chi connectivity index (χ2n) is 5.56. The number of rotatable bonds is 4. The minimum Gasteiger partial charge on any atom is -0.299 e. The fraction of sp³-hybridized carbons (Fsp3) is 0.929. The molecule has 0 spiro atoms. The van der Waals surface area contributed by atoms with Crippen molar-refractivity contribution in [1.82, 2.24) is 5.32 Å². The van der Waals surface area contributed by atoms with E-state index in [9.17, 15) is 5.26 Å². The lowest BCUT2D eigenvalue weighted by molar-refractivity contribution is 0.323. The molecule has 1 saturated carbocycles. The molecule has 1 rings (SSSR count). The van der Waals surface area contributed by atoms with Gasteiger partial charge in [0.05, 0.1) is 6.07 Å². The molecule has 2 unspecified atom stereocenters. The molecular formula is C14H26N2. The van der Waals surface area contributed by atoms with E-state index in [2.05, 4.69) is 32.2 Å². The molecule has 1 N–H and O–H groups in total. The third-order valence-corrected chi connectivity index (χ3v) is 3.99. The first-order valence-electron chi connectivity index (χ1n) is 6.80. The van der Waals surface area contributed by atoms with E-state index >= 15 is 0 Å². The first kappa shape index (κ1) is 13.5. The van der Waals surface area contributed by atoms with E-state index < -0.39 is 0 Å². The van der Waals surface area contributed by atoms with Crippen LogP contribution in [0.4, 0.5) is 0 Å². The Kier molecular flexibility index (Phi) is 5.28. The molecule has 92 valence electrons. The lowest BCUT2D eigenvalue weighted by Crippen LogP contribution is -2.43. The Labute approximate surface area is 100 Å². The maximum absolute atomic E-state index is 9.41. The molecule has 0 heterocycles. The molecule has 2 nitrogen and oxygen atoms in total. The molecule has 0 aromatic heterocycles. The van der Waals surface area contributed by atoms with Gasteiger partial charge in [0, 0.05) is 0 Å². The topological polar surface area (TPSA) is 35.8 Å². The van der Waals surface area contributed by atoms with Crippen LogP contribution in [0.1, 0.15) is 59.3 Å². The van der Waals surface area contributed by atoms with Gasteiger partial charge < -0.3 is 0 Å². The highest BCUT2D eigenvalue weighted by Crippen LogP contribution is 2.33. The summed E-state index contributed by atoms with van der Waals surface area (Å²) in [6, 6.07) is 2.54.